The third kappa shape index (κ3) is 2.98. The van der Waals surface area contributed by atoms with Crippen molar-refractivity contribution in [2.24, 2.45) is 0 Å². The summed E-state index contributed by atoms with van der Waals surface area (Å²) in [5, 5.41) is 33.3. The molecule has 136 valence electrons. The van der Waals surface area contributed by atoms with E-state index in [0.29, 0.717) is 22.4 Å². The number of nitrogens with one attached hydrogen (secondary N) is 1. The van der Waals surface area contributed by atoms with Gasteiger partial charge in [0.2, 0.25) is 0 Å². The predicted molar refractivity (Wildman–Crippen MR) is 91.4 cm³/mol. The lowest BCUT2D eigenvalue weighted by molar-refractivity contribution is -0.0511. The number of pyridine rings is 1. The Morgan fingerprint density at radius 2 is 2.04 bits per heavy atom. The molecule has 0 aromatic carbocycles. The van der Waals surface area contributed by atoms with Crippen LogP contribution in [-0.4, -0.2) is 60.8 Å². The third-order valence-electron chi connectivity index (χ3n) is 5.00. The van der Waals surface area contributed by atoms with Crippen LogP contribution in [0.1, 0.15) is 31.9 Å². The highest BCUT2D eigenvalue weighted by Crippen LogP contribution is 2.34. The van der Waals surface area contributed by atoms with Gasteiger partial charge in [0.25, 0.3) is 0 Å². The lowest BCUT2D eigenvalue weighted by Crippen LogP contribution is -2.33. The maximum absolute atomic E-state index is 10.2. The van der Waals surface area contributed by atoms with E-state index in [2.05, 4.69) is 15.3 Å². The van der Waals surface area contributed by atoms with Gasteiger partial charge in [0, 0.05) is 12.1 Å². The second-order valence-corrected chi connectivity index (χ2v) is 7.06. The Kier molecular flexibility index (Phi) is 4.55. The predicted octanol–water partition coefficient (Wildman–Crippen LogP) is 1.05. The first-order chi connectivity index (χ1) is 12.1. The van der Waals surface area contributed by atoms with Crippen molar-refractivity contribution in [3.8, 4) is 0 Å². The van der Waals surface area contributed by atoms with Crippen molar-refractivity contribution in [3.05, 3.63) is 17.5 Å². The van der Waals surface area contributed by atoms with Gasteiger partial charge < -0.3 is 25.4 Å². The molecular formula is C16H21ClN4O4. The Labute approximate surface area is 149 Å². The summed E-state index contributed by atoms with van der Waals surface area (Å²) in [4.78, 5) is 8.72. The highest BCUT2D eigenvalue weighted by molar-refractivity contribution is 6.30. The Bertz CT molecular complexity index is 764. The van der Waals surface area contributed by atoms with Crippen molar-refractivity contribution in [1.82, 2.24) is 14.5 Å². The van der Waals surface area contributed by atoms with Crippen LogP contribution >= 0.6 is 11.6 Å². The van der Waals surface area contributed by atoms with Gasteiger partial charge in [-0.3, -0.25) is 4.57 Å². The number of fused-ring (bicyclic) bond motifs is 1. The van der Waals surface area contributed by atoms with Crippen molar-refractivity contribution in [2.45, 2.75) is 56.3 Å². The van der Waals surface area contributed by atoms with Gasteiger partial charge in [0.05, 0.1) is 18.6 Å². The van der Waals surface area contributed by atoms with Gasteiger partial charge in [-0.25, -0.2) is 9.97 Å². The van der Waals surface area contributed by atoms with Crippen LogP contribution in [0, 0.1) is 0 Å². The molecule has 9 heteroatoms. The molecule has 0 bridgehead atoms. The number of halogens is 1. The topological polar surface area (TPSA) is 113 Å². The van der Waals surface area contributed by atoms with Crippen molar-refractivity contribution in [3.63, 3.8) is 0 Å². The van der Waals surface area contributed by atoms with Crippen molar-refractivity contribution < 1.29 is 20.1 Å². The van der Waals surface area contributed by atoms with Crippen LogP contribution < -0.4 is 5.32 Å². The minimum absolute atomic E-state index is 0.307. The molecule has 1 saturated heterocycles. The number of aliphatic hydroxyl groups excluding tert-OH is 3. The Morgan fingerprint density at radius 3 is 2.72 bits per heavy atom. The minimum atomic E-state index is -1.19. The molecular weight excluding hydrogens is 348 g/mol. The molecule has 0 radical (unpaired) electrons. The molecule has 8 nitrogen and oxygen atoms in total. The smallest absolute Gasteiger partial charge is 0.165 e. The molecule has 1 unspecified atom stereocenters. The maximum atomic E-state index is 10.2. The molecule has 2 aliphatic rings. The van der Waals surface area contributed by atoms with Crippen LogP contribution in [0.4, 0.5) is 5.69 Å². The van der Waals surface area contributed by atoms with Crippen LogP contribution in [0.5, 0.6) is 0 Å². The highest BCUT2D eigenvalue weighted by atomic mass is 35.5. The highest BCUT2D eigenvalue weighted by Gasteiger charge is 2.44. The quantitative estimate of drug-likeness (QED) is 0.596. The zero-order chi connectivity index (χ0) is 17.6. The first-order valence-electron chi connectivity index (χ1n) is 8.50. The van der Waals surface area contributed by atoms with Crippen LogP contribution in [0.15, 0.2) is 12.4 Å². The van der Waals surface area contributed by atoms with Gasteiger partial charge >= 0.3 is 0 Å². The summed E-state index contributed by atoms with van der Waals surface area (Å²) in [6.07, 6.45) is 2.02. The molecule has 1 aliphatic heterocycles. The van der Waals surface area contributed by atoms with Crippen LogP contribution in [-0.2, 0) is 4.74 Å². The van der Waals surface area contributed by atoms with E-state index < -0.39 is 24.5 Å². The zero-order valence-corrected chi connectivity index (χ0v) is 14.3. The Morgan fingerprint density at radius 1 is 1.28 bits per heavy atom. The molecule has 2 aromatic rings. The Balaban J connectivity index is 1.70. The number of rotatable bonds is 4. The van der Waals surface area contributed by atoms with Gasteiger partial charge in [0.1, 0.15) is 29.0 Å². The molecule has 2 aromatic heterocycles. The van der Waals surface area contributed by atoms with Crippen LogP contribution in [0.2, 0.25) is 5.15 Å². The van der Waals surface area contributed by atoms with Gasteiger partial charge in [-0.2, -0.15) is 0 Å². The molecule has 4 rings (SSSR count). The van der Waals surface area contributed by atoms with E-state index in [1.54, 1.807) is 10.6 Å². The fourth-order valence-corrected chi connectivity index (χ4v) is 3.86. The number of nitrogens with zero attached hydrogens (tertiary/aromatic N) is 3. The first kappa shape index (κ1) is 17.0. The molecule has 4 atom stereocenters. The zero-order valence-electron chi connectivity index (χ0n) is 13.5. The standard InChI is InChI=1S/C16H21ClN4O4/c17-11-5-9(19-8-3-1-2-4-8)12-15(20-11)21(7-18-12)16-14(24)13(23)10(6-22)25-16/h5,7-8,10,13-14,16,22-24H,1-4,6H2,(H,19,20)/t10-,13?,14+,16-/m1/s1. The third-order valence-corrected chi connectivity index (χ3v) is 5.20. The largest absolute Gasteiger partial charge is 0.394 e. The van der Waals surface area contributed by atoms with E-state index in [1.807, 2.05) is 0 Å². The normalized spacial score (nSPS) is 30.4. The number of aliphatic hydroxyl groups is 3. The van der Waals surface area contributed by atoms with E-state index >= 15 is 0 Å². The van der Waals surface area contributed by atoms with Gasteiger partial charge in [0.15, 0.2) is 11.9 Å². The lowest BCUT2D eigenvalue weighted by atomic mass is 10.1. The summed E-state index contributed by atoms with van der Waals surface area (Å²) >= 11 is 6.18. The maximum Gasteiger partial charge on any atom is 0.165 e. The second kappa shape index (κ2) is 6.69. The summed E-state index contributed by atoms with van der Waals surface area (Å²) in [5.74, 6) is 0. The number of aromatic nitrogens is 3. The van der Waals surface area contributed by atoms with Crippen LogP contribution in [0.3, 0.4) is 0 Å². The Hall–Kier alpha value is -1.45. The van der Waals surface area contributed by atoms with Crippen molar-refractivity contribution >= 4 is 28.5 Å². The summed E-state index contributed by atoms with van der Waals surface area (Å²) in [6, 6.07) is 2.14. The van der Waals surface area contributed by atoms with E-state index in [-0.39, 0.29) is 6.61 Å². The van der Waals surface area contributed by atoms with Gasteiger partial charge in [-0.1, -0.05) is 24.4 Å². The van der Waals surface area contributed by atoms with Crippen LogP contribution in [0.25, 0.3) is 11.2 Å². The summed E-state index contributed by atoms with van der Waals surface area (Å²) in [7, 11) is 0. The lowest BCUT2D eigenvalue weighted by Gasteiger charge is -2.17. The fourth-order valence-electron chi connectivity index (χ4n) is 3.67. The SMILES string of the molecule is OC[C@H]1O[C@@H](n2cnc3c(NC4CCCC4)cc(Cl)nc32)[C@@H](O)C1O. The summed E-state index contributed by atoms with van der Waals surface area (Å²) in [5.41, 5.74) is 1.89. The molecule has 2 fully saturated rings. The number of hydrogen-bond donors (Lipinski definition) is 4. The molecule has 1 aliphatic carbocycles. The van der Waals surface area contributed by atoms with E-state index in [1.165, 1.54) is 19.2 Å². The summed E-state index contributed by atoms with van der Waals surface area (Å²) < 4.78 is 7.12. The van der Waals surface area contributed by atoms with Gasteiger partial charge in [-0.15, -0.1) is 0 Å². The van der Waals surface area contributed by atoms with Crippen molar-refractivity contribution in [1.29, 1.82) is 0 Å². The molecule has 0 spiro atoms. The van der Waals surface area contributed by atoms with Gasteiger partial charge in [-0.05, 0) is 12.8 Å². The number of ether oxygens (including phenoxy) is 1. The first-order valence-corrected chi connectivity index (χ1v) is 8.88. The molecule has 0 amide bonds. The number of imidazole rings is 1. The summed E-state index contributed by atoms with van der Waals surface area (Å²) in [6.45, 7) is -0.385. The molecule has 25 heavy (non-hydrogen) atoms. The number of hydrogen-bond acceptors (Lipinski definition) is 7. The average molecular weight is 369 g/mol. The second-order valence-electron chi connectivity index (χ2n) is 6.67. The van der Waals surface area contributed by atoms with E-state index in [4.69, 9.17) is 16.3 Å². The van der Waals surface area contributed by atoms with E-state index in [9.17, 15) is 15.3 Å². The molecule has 3 heterocycles. The number of anilines is 1. The molecule has 1 saturated carbocycles. The monoisotopic (exact) mass is 368 g/mol. The van der Waals surface area contributed by atoms with E-state index in [0.717, 1.165) is 18.5 Å². The fraction of sp³-hybridized carbons (Fsp3) is 0.625. The minimum Gasteiger partial charge on any atom is -0.394 e. The average Bonchev–Trinajstić information content (AvgIpc) is 3.29. The molecule has 4 N–H and O–H groups in total. The van der Waals surface area contributed by atoms with Crippen molar-refractivity contribution in [2.75, 3.05) is 11.9 Å².